The number of amides is 1. The number of anilines is 3. The third-order valence-corrected chi connectivity index (χ3v) is 8.06. The van der Waals surface area contributed by atoms with E-state index in [0.29, 0.717) is 62.7 Å². The van der Waals surface area contributed by atoms with Crippen molar-refractivity contribution in [3.05, 3.63) is 64.1 Å². The number of halogens is 4. The van der Waals surface area contributed by atoms with Crippen molar-refractivity contribution in [1.29, 1.82) is 0 Å². The molecule has 2 aliphatic rings. The molecule has 2 aromatic heterocycles. The predicted molar refractivity (Wildman–Crippen MR) is 154 cm³/mol. The van der Waals surface area contributed by atoms with E-state index in [4.69, 9.17) is 4.74 Å². The minimum Gasteiger partial charge on any atom is -0.378 e. The van der Waals surface area contributed by atoms with E-state index in [1.807, 2.05) is 30.7 Å². The fraction of sp³-hybridized carbons (Fsp3) is 0.448. The summed E-state index contributed by atoms with van der Waals surface area (Å²) in [5, 5.41) is 2.59. The van der Waals surface area contributed by atoms with Crippen molar-refractivity contribution in [2.45, 2.75) is 32.1 Å². The van der Waals surface area contributed by atoms with Crippen molar-refractivity contribution in [3.8, 4) is 11.1 Å². The molecule has 2 aliphatic heterocycles. The maximum Gasteiger partial charge on any atom is 0.417 e. The summed E-state index contributed by atoms with van der Waals surface area (Å²) in [6.07, 6.45) is -1.16. The normalized spacial score (nSPS) is 19.9. The molecule has 10 nitrogen and oxygen atoms in total. The number of hydrogen-bond donors (Lipinski definition) is 1. The Bertz CT molecular complexity index is 1540. The third-order valence-electron chi connectivity index (χ3n) is 8.06. The Morgan fingerprint density at radius 2 is 1.63 bits per heavy atom. The van der Waals surface area contributed by atoms with Crippen molar-refractivity contribution < 1.29 is 27.1 Å². The lowest BCUT2D eigenvalue weighted by molar-refractivity contribution is -0.138. The number of carbonyl (C=O) groups excluding carboxylic acids is 1. The van der Waals surface area contributed by atoms with Gasteiger partial charge in [-0.1, -0.05) is 0 Å². The van der Waals surface area contributed by atoms with Crippen LogP contribution in [0.4, 0.5) is 34.9 Å². The Kier molecular flexibility index (Phi) is 8.43. The van der Waals surface area contributed by atoms with Gasteiger partial charge in [0.1, 0.15) is 5.82 Å². The van der Waals surface area contributed by atoms with Crippen LogP contribution in [0.3, 0.4) is 0 Å². The number of morpholine rings is 1. The van der Waals surface area contributed by atoms with E-state index in [9.17, 15) is 22.8 Å². The Hall–Kier alpha value is -4.04. The van der Waals surface area contributed by atoms with Crippen LogP contribution >= 0.6 is 0 Å². The first-order chi connectivity index (χ1) is 20.3. The van der Waals surface area contributed by atoms with Crippen LogP contribution < -0.4 is 20.7 Å². The second-order valence-electron chi connectivity index (χ2n) is 11.0. The van der Waals surface area contributed by atoms with Crippen molar-refractivity contribution in [3.63, 3.8) is 0 Å². The molecule has 0 radical (unpaired) electrons. The average Bonchev–Trinajstić information content (AvgIpc) is 2.97. The molecule has 0 aliphatic carbocycles. The summed E-state index contributed by atoms with van der Waals surface area (Å²) in [6, 6.07) is 3.21. The molecule has 0 unspecified atom stereocenters. The van der Waals surface area contributed by atoms with Crippen LogP contribution in [0, 0.1) is 5.82 Å². The molecule has 0 bridgehead atoms. The number of nitrogens with one attached hydrogen (secondary N) is 1. The lowest BCUT2D eigenvalue weighted by Gasteiger charge is -2.44. The van der Waals surface area contributed by atoms with Crippen LogP contribution in [0.15, 0.2) is 41.6 Å². The first-order valence-corrected chi connectivity index (χ1v) is 13.9. The highest BCUT2D eigenvalue weighted by molar-refractivity contribution is 6.07. The largest absolute Gasteiger partial charge is 0.417 e. The van der Waals surface area contributed by atoms with Gasteiger partial charge < -0.3 is 24.4 Å². The zero-order chi connectivity index (χ0) is 31.1. The maximum absolute atomic E-state index is 15.8. The third kappa shape index (κ3) is 6.34. The van der Waals surface area contributed by atoms with Gasteiger partial charge >= 0.3 is 6.18 Å². The Morgan fingerprint density at radius 1 is 1.00 bits per heavy atom. The zero-order valence-electron chi connectivity index (χ0n) is 24.3. The number of aryl methyl sites for hydroxylation is 1. The zero-order valence-corrected chi connectivity index (χ0v) is 24.3. The molecule has 4 heterocycles. The maximum atomic E-state index is 15.8. The number of hydrogen-bond acceptors (Lipinski definition) is 8. The van der Waals surface area contributed by atoms with Crippen molar-refractivity contribution in [2.75, 3.05) is 61.6 Å². The molecular weight excluding hydrogens is 570 g/mol. The quantitative estimate of drug-likeness (QED) is 0.442. The van der Waals surface area contributed by atoms with Gasteiger partial charge in [-0.15, -0.1) is 0 Å². The number of alkyl halides is 3. The Balaban J connectivity index is 1.56. The molecule has 3 aromatic rings. The average molecular weight is 604 g/mol. The molecule has 0 spiro atoms. The van der Waals surface area contributed by atoms with Gasteiger partial charge in [-0.2, -0.15) is 13.2 Å². The van der Waals surface area contributed by atoms with Crippen LogP contribution in [0.5, 0.6) is 0 Å². The van der Waals surface area contributed by atoms with Gasteiger partial charge in [0, 0.05) is 81.1 Å². The second-order valence-corrected chi connectivity index (χ2v) is 11.0. The van der Waals surface area contributed by atoms with Gasteiger partial charge in [-0.3, -0.25) is 14.5 Å². The fourth-order valence-electron chi connectivity index (χ4n) is 5.37. The Labute approximate surface area is 245 Å². The lowest BCUT2D eigenvalue weighted by Crippen LogP contribution is -2.55. The van der Waals surface area contributed by atoms with Crippen molar-refractivity contribution >= 4 is 23.2 Å². The summed E-state index contributed by atoms with van der Waals surface area (Å²) < 4.78 is 63.5. The van der Waals surface area contributed by atoms with Crippen LogP contribution in [0.25, 0.3) is 11.1 Å². The summed E-state index contributed by atoms with van der Waals surface area (Å²) in [6.45, 7) is 7.33. The number of piperazine rings is 1. The highest BCUT2D eigenvalue weighted by Crippen LogP contribution is 2.37. The number of ether oxygens (including phenoxy) is 1. The topological polar surface area (TPSA) is 95.8 Å². The van der Waals surface area contributed by atoms with Gasteiger partial charge in [-0.25, -0.2) is 14.4 Å². The Morgan fingerprint density at radius 3 is 2.23 bits per heavy atom. The minimum absolute atomic E-state index is 0.0688. The van der Waals surface area contributed by atoms with E-state index in [0.717, 1.165) is 10.8 Å². The van der Waals surface area contributed by atoms with E-state index in [1.54, 1.807) is 0 Å². The first-order valence-electron chi connectivity index (χ1n) is 13.9. The molecule has 1 aromatic carbocycles. The summed E-state index contributed by atoms with van der Waals surface area (Å²) in [4.78, 5) is 40.2. The van der Waals surface area contributed by atoms with Crippen molar-refractivity contribution in [2.24, 2.45) is 7.05 Å². The van der Waals surface area contributed by atoms with Crippen LogP contribution in [0.1, 0.15) is 29.8 Å². The van der Waals surface area contributed by atoms with E-state index in [1.165, 1.54) is 31.6 Å². The number of aromatic nitrogens is 3. The molecule has 1 N–H and O–H groups in total. The molecule has 2 fully saturated rings. The van der Waals surface area contributed by atoms with Gasteiger partial charge in [0.2, 0.25) is 5.95 Å². The van der Waals surface area contributed by atoms with E-state index < -0.39 is 34.6 Å². The molecule has 230 valence electrons. The molecule has 1 amide bonds. The summed E-state index contributed by atoms with van der Waals surface area (Å²) in [5.41, 5.74) is -2.16. The van der Waals surface area contributed by atoms with E-state index in [2.05, 4.69) is 20.2 Å². The fourth-order valence-corrected chi connectivity index (χ4v) is 5.37. The number of nitrogens with zero attached hydrogens (tertiary/aromatic N) is 6. The van der Waals surface area contributed by atoms with Crippen LogP contribution in [-0.2, 0) is 18.0 Å². The van der Waals surface area contributed by atoms with Gasteiger partial charge in [0.25, 0.3) is 11.5 Å². The number of rotatable bonds is 5. The molecule has 14 heteroatoms. The molecular formula is C29H33F4N7O3. The highest BCUT2D eigenvalue weighted by atomic mass is 19.4. The number of carbonyl (C=O) groups is 1. The first kappa shape index (κ1) is 30.4. The molecule has 2 atom stereocenters. The van der Waals surface area contributed by atoms with Gasteiger partial charge in [-0.05, 0) is 33.0 Å². The smallest absolute Gasteiger partial charge is 0.378 e. The summed E-state index contributed by atoms with van der Waals surface area (Å²) in [7, 11) is 3.24. The van der Waals surface area contributed by atoms with Gasteiger partial charge in [0.15, 0.2) is 0 Å². The van der Waals surface area contributed by atoms with E-state index in [-0.39, 0.29) is 23.3 Å². The molecule has 5 rings (SSSR count). The van der Waals surface area contributed by atoms with Gasteiger partial charge in [0.05, 0.1) is 35.7 Å². The standard InChI is InChI=1S/C29H33F4N7O3/c1-17-14-40(15-18(2)38(17)4)25-11-23(30)20(19-12-34-28(35-13-19)39-5-7-43-8-6-39)9-24(25)36-27(42)21-16-37(3)26(41)10-22(21)29(31,32)33/h9-13,16-18H,5-8,14-15H2,1-4H3,(H,36,42)/t17-,18+. The van der Waals surface area contributed by atoms with Crippen molar-refractivity contribution in [1.82, 2.24) is 19.4 Å². The number of pyridine rings is 1. The molecule has 0 saturated carbocycles. The number of likely N-dealkylation sites (N-methyl/N-ethyl adjacent to an activating group) is 1. The minimum atomic E-state index is -4.95. The lowest BCUT2D eigenvalue weighted by atomic mass is 10.0. The number of benzene rings is 1. The monoisotopic (exact) mass is 603 g/mol. The summed E-state index contributed by atoms with van der Waals surface area (Å²) in [5.74, 6) is -1.23. The van der Waals surface area contributed by atoms with Crippen LogP contribution in [0.2, 0.25) is 0 Å². The molecule has 43 heavy (non-hydrogen) atoms. The SMILES string of the molecule is C[C@@H]1CN(c2cc(F)c(-c3cnc(N4CCOCC4)nc3)cc2NC(=O)c2cn(C)c(=O)cc2C(F)(F)F)C[C@H](C)N1C. The second kappa shape index (κ2) is 11.9. The highest BCUT2D eigenvalue weighted by Gasteiger charge is 2.37. The summed E-state index contributed by atoms with van der Waals surface area (Å²) >= 11 is 0. The van der Waals surface area contributed by atoms with E-state index >= 15 is 4.39 Å². The molecule has 2 saturated heterocycles. The van der Waals surface area contributed by atoms with Crippen LogP contribution in [-0.4, -0.2) is 83.9 Å². The predicted octanol–water partition coefficient (Wildman–Crippen LogP) is 3.62.